The number of nitrogens with zero attached hydrogens (tertiary/aromatic N) is 1. The van der Waals surface area contributed by atoms with Gasteiger partial charge in [0.05, 0.1) is 6.61 Å². The molecule has 0 spiro atoms. The van der Waals surface area contributed by atoms with E-state index in [0.29, 0.717) is 19.7 Å². The fraction of sp³-hybridized carbons (Fsp3) is 0.500. The van der Waals surface area contributed by atoms with Gasteiger partial charge in [-0.05, 0) is 12.6 Å². The molecular formula is C12H16NO3S-. The molecule has 1 fully saturated rings. The van der Waals surface area contributed by atoms with Crippen molar-refractivity contribution in [2.24, 2.45) is 0 Å². The van der Waals surface area contributed by atoms with Crippen LogP contribution >= 0.6 is 0 Å². The smallest absolute Gasteiger partial charge is 0.104 e. The molecule has 2 rings (SSSR count). The highest BCUT2D eigenvalue weighted by Gasteiger charge is 2.42. The van der Waals surface area contributed by atoms with Gasteiger partial charge in [-0.1, -0.05) is 41.4 Å². The molecule has 0 aliphatic carbocycles. The normalized spacial score (nSPS) is 20.8. The first-order chi connectivity index (χ1) is 8.10. The van der Waals surface area contributed by atoms with Crippen LogP contribution in [0.1, 0.15) is 5.56 Å². The Hall–Kier alpha value is -0.750. The summed E-state index contributed by atoms with van der Waals surface area (Å²) >= 11 is -2.06. The summed E-state index contributed by atoms with van der Waals surface area (Å²) in [5.41, 5.74) is 0.551. The summed E-state index contributed by atoms with van der Waals surface area (Å²) in [5.74, 6) is 0.0736. The van der Waals surface area contributed by atoms with Gasteiger partial charge < -0.3 is 14.2 Å². The van der Waals surface area contributed by atoms with Gasteiger partial charge in [-0.25, -0.2) is 0 Å². The molecule has 0 bridgehead atoms. The Balaban J connectivity index is 1.93. The number of likely N-dealkylation sites (N-methyl/N-ethyl adjacent to an activating group) is 1. The molecule has 1 aliphatic heterocycles. The molecule has 0 radical (unpaired) electrons. The third-order valence-corrected chi connectivity index (χ3v) is 3.65. The zero-order valence-electron chi connectivity index (χ0n) is 9.80. The van der Waals surface area contributed by atoms with Crippen LogP contribution in [-0.4, -0.2) is 45.2 Å². The predicted molar refractivity (Wildman–Crippen MR) is 65.2 cm³/mol. The van der Waals surface area contributed by atoms with Crippen LogP contribution in [0.3, 0.4) is 0 Å². The van der Waals surface area contributed by atoms with Crippen LogP contribution < -0.4 is 0 Å². The highest BCUT2D eigenvalue weighted by atomic mass is 32.2. The van der Waals surface area contributed by atoms with Crippen molar-refractivity contribution in [3.8, 4) is 0 Å². The molecule has 0 amide bonds. The average molecular weight is 254 g/mol. The highest BCUT2D eigenvalue weighted by Crippen LogP contribution is 2.26. The lowest BCUT2D eigenvalue weighted by molar-refractivity contribution is -0.128. The molecule has 0 saturated carbocycles. The number of likely N-dealkylation sites (tertiary alicyclic amines) is 1. The molecule has 0 N–H and O–H groups in total. The number of benzene rings is 1. The summed E-state index contributed by atoms with van der Waals surface area (Å²) in [6.07, 6.45) is 0. The molecule has 1 saturated heterocycles. The second kappa shape index (κ2) is 5.27. The second-order valence-electron chi connectivity index (χ2n) is 4.58. The fourth-order valence-electron chi connectivity index (χ4n) is 2.19. The molecular weight excluding hydrogens is 238 g/mol. The van der Waals surface area contributed by atoms with Gasteiger partial charge in [-0.15, -0.1) is 0 Å². The molecule has 1 aromatic carbocycles. The summed E-state index contributed by atoms with van der Waals surface area (Å²) in [6, 6.07) is 9.80. The van der Waals surface area contributed by atoms with Crippen molar-refractivity contribution >= 4 is 11.1 Å². The van der Waals surface area contributed by atoms with E-state index in [2.05, 4.69) is 4.90 Å². The van der Waals surface area contributed by atoms with Gasteiger partial charge in [0.2, 0.25) is 0 Å². The van der Waals surface area contributed by atoms with Crippen molar-refractivity contribution in [3.63, 3.8) is 0 Å². The fourth-order valence-corrected chi connectivity index (χ4v) is 2.88. The Bertz CT molecular complexity index is 390. The van der Waals surface area contributed by atoms with E-state index >= 15 is 0 Å². The van der Waals surface area contributed by atoms with Crippen LogP contribution in [0.5, 0.6) is 0 Å². The Kier molecular flexibility index (Phi) is 3.93. The van der Waals surface area contributed by atoms with Crippen molar-refractivity contribution in [1.82, 2.24) is 4.90 Å². The second-order valence-corrected chi connectivity index (χ2v) is 5.47. The lowest BCUT2D eigenvalue weighted by atomic mass is 9.97. The van der Waals surface area contributed by atoms with Crippen LogP contribution in [0.25, 0.3) is 0 Å². The van der Waals surface area contributed by atoms with E-state index in [4.69, 9.17) is 4.74 Å². The predicted octanol–water partition coefficient (Wildman–Crippen LogP) is 0.766. The first-order valence-electron chi connectivity index (χ1n) is 5.52. The van der Waals surface area contributed by atoms with Crippen molar-refractivity contribution in [2.75, 3.05) is 25.9 Å². The van der Waals surface area contributed by atoms with Crippen LogP contribution in [0.15, 0.2) is 30.3 Å². The van der Waals surface area contributed by atoms with E-state index in [1.54, 1.807) is 0 Å². The summed E-state index contributed by atoms with van der Waals surface area (Å²) < 4.78 is 27.5. The number of rotatable bonds is 5. The number of ether oxygens (including phenoxy) is 1. The Morgan fingerprint density at radius 3 is 2.59 bits per heavy atom. The topological polar surface area (TPSA) is 52.6 Å². The van der Waals surface area contributed by atoms with Crippen LogP contribution in [0, 0.1) is 0 Å². The molecule has 17 heavy (non-hydrogen) atoms. The summed E-state index contributed by atoms with van der Waals surface area (Å²) in [5, 5.41) is 0. The minimum Gasteiger partial charge on any atom is -0.772 e. The number of hydrogen-bond acceptors (Lipinski definition) is 4. The third kappa shape index (κ3) is 3.35. The molecule has 5 heteroatoms. The SMILES string of the molecule is CN1CC(CS(=O)[O-])(OCc2ccccc2)C1. The molecule has 1 unspecified atom stereocenters. The minimum absolute atomic E-state index is 0.0736. The van der Waals surface area contributed by atoms with Crippen LogP contribution in [-0.2, 0) is 22.4 Å². The maximum Gasteiger partial charge on any atom is 0.104 e. The third-order valence-electron chi connectivity index (χ3n) is 2.88. The molecule has 1 aromatic rings. The Morgan fingerprint density at radius 1 is 1.41 bits per heavy atom. The minimum atomic E-state index is -2.06. The first kappa shape index (κ1) is 12.7. The van der Waals surface area contributed by atoms with Gasteiger partial charge in [0.15, 0.2) is 0 Å². The quantitative estimate of drug-likeness (QED) is 0.728. The maximum atomic E-state index is 10.8. The average Bonchev–Trinajstić information content (AvgIpc) is 2.25. The highest BCUT2D eigenvalue weighted by molar-refractivity contribution is 7.79. The number of hydrogen-bond donors (Lipinski definition) is 0. The molecule has 4 nitrogen and oxygen atoms in total. The van der Waals surface area contributed by atoms with E-state index in [9.17, 15) is 8.76 Å². The molecule has 1 aliphatic rings. The lowest BCUT2D eigenvalue weighted by Crippen LogP contribution is -2.64. The monoisotopic (exact) mass is 254 g/mol. The van der Waals surface area contributed by atoms with Gasteiger partial charge in [0, 0.05) is 18.8 Å². The zero-order valence-corrected chi connectivity index (χ0v) is 10.6. The van der Waals surface area contributed by atoms with Gasteiger partial charge in [0.25, 0.3) is 0 Å². The van der Waals surface area contributed by atoms with Crippen molar-refractivity contribution in [1.29, 1.82) is 0 Å². The molecule has 1 atom stereocenters. The van der Waals surface area contributed by atoms with Gasteiger partial charge in [0.1, 0.15) is 5.60 Å². The van der Waals surface area contributed by atoms with E-state index in [1.807, 2.05) is 37.4 Å². The van der Waals surface area contributed by atoms with Crippen LogP contribution in [0.2, 0.25) is 0 Å². The summed E-state index contributed by atoms with van der Waals surface area (Å²) in [6.45, 7) is 1.81. The molecule has 94 valence electrons. The van der Waals surface area contributed by atoms with Crippen molar-refractivity contribution in [2.45, 2.75) is 12.2 Å². The van der Waals surface area contributed by atoms with E-state index in [1.165, 1.54) is 0 Å². The Labute approximate surface area is 104 Å². The summed E-state index contributed by atoms with van der Waals surface area (Å²) in [4.78, 5) is 2.05. The zero-order chi connectivity index (χ0) is 12.3. The molecule has 0 aromatic heterocycles. The largest absolute Gasteiger partial charge is 0.772 e. The van der Waals surface area contributed by atoms with E-state index in [-0.39, 0.29) is 5.75 Å². The van der Waals surface area contributed by atoms with Crippen molar-refractivity contribution < 1.29 is 13.5 Å². The maximum absolute atomic E-state index is 10.8. The van der Waals surface area contributed by atoms with E-state index in [0.717, 1.165) is 5.56 Å². The first-order valence-corrected chi connectivity index (χ1v) is 6.76. The standard InChI is InChI=1S/C12H17NO3S/c1-13-8-12(9-13,10-17(14)15)16-7-11-5-3-2-4-6-11/h2-6H,7-10H2,1H3,(H,14,15)/p-1. The Morgan fingerprint density at radius 2 is 2.06 bits per heavy atom. The van der Waals surface area contributed by atoms with Crippen LogP contribution in [0.4, 0.5) is 0 Å². The lowest BCUT2D eigenvalue weighted by Gasteiger charge is -2.48. The molecule has 1 heterocycles. The summed E-state index contributed by atoms with van der Waals surface area (Å²) in [7, 11) is 1.96. The van der Waals surface area contributed by atoms with Gasteiger partial charge in [-0.2, -0.15) is 0 Å². The van der Waals surface area contributed by atoms with Gasteiger partial charge in [-0.3, -0.25) is 4.21 Å². The van der Waals surface area contributed by atoms with E-state index < -0.39 is 16.7 Å². The van der Waals surface area contributed by atoms with Crippen molar-refractivity contribution in [3.05, 3.63) is 35.9 Å². The van der Waals surface area contributed by atoms with Gasteiger partial charge >= 0.3 is 0 Å².